The van der Waals surface area contributed by atoms with Gasteiger partial charge in [0.05, 0.1) is 30.2 Å². The molecule has 3 heterocycles. The van der Waals surface area contributed by atoms with Crippen LogP contribution in [0.2, 0.25) is 0 Å². The zero-order chi connectivity index (χ0) is 22.1. The summed E-state index contributed by atoms with van der Waals surface area (Å²) in [6.07, 6.45) is 8.16. The van der Waals surface area contributed by atoms with Crippen molar-refractivity contribution in [3.63, 3.8) is 0 Å². The molecule has 1 aliphatic heterocycles. The first-order valence-corrected chi connectivity index (χ1v) is 11.0. The first kappa shape index (κ1) is 20.4. The number of ether oxygens (including phenoxy) is 1. The molecule has 0 N–H and O–H groups in total. The second-order valence-electron chi connectivity index (χ2n) is 8.48. The average Bonchev–Trinajstić information content (AvgIpc) is 3.53. The predicted octanol–water partition coefficient (Wildman–Crippen LogP) is 3.33. The summed E-state index contributed by atoms with van der Waals surface area (Å²) in [5, 5.41) is 8.36. The number of aromatic nitrogens is 4. The van der Waals surface area contributed by atoms with Crippen LogP contribution in [0.1, 0.15) is 53.3 Å². The van der Waals surface area contributed by atoms with Crippen LogP contribution in [0.5, 0.6) is 5.88 Å². The number of amides is 1. The summed E-state index contributed by atoms with van der Waals surface area (Å²) >= 11 is 0. The van der Waals surface area contributed by atoms with E-state index in [9.17, 15) is 9.59 Å². The van der Waals surface area contributed by atoms with Crippen molar-refractivity contribution in [2.24, 2.45) is 5.92 Å². The third kappa shape index (κ3) is 4.12. The minimum atomic E-state index is -0.191. The molecule has 0 bridgehead atoms. The lowest BCUT2D eigenvalue weighted by molar-refractivity contribution is 0.0372. The monoisotopic (exact) mass is 431 g/mol. The molecule has 0 unspecified atom stereocenters. The molecule has 0 spiro atoms. The zero-order valence-electron chi connectivity index (χ0n) is 17.9. The Morgan fingerprint density at radius 2 is 1.78 bits per heavy atom. The highest BCUT2D eigenvalue weighted by Crippen LogP contribution is 2.33. The Kier molecular flexibility index (Phi) is 5.43. The molecule has 164 valence electrons. The van der Waals surface area contributed by atoms with E-state index in [2.05, 4.69) is 22.1 Å². The Balaban J connectivity index is 1.33. The Morgan fingerprint density at radius 3 is 2.56 bits per heavy atom. The third-order valence-electron chi connectivity index (χ3n) is 6.12. The van der Waals surface area contributed by atoms with Crippen molar-refractivity contribution in [2.45, 2.75) is 44.8 Å². The lowest BCUT2D eigenvalue weighted by atomic mass is 9.99. The normalized spacial score (nSPS) is 20.7. The van der Waals surface area contributed by atoms with Gasteiger partial charge in [-0.3, -0.25) is 9.59 Å². The number of hydrogen-bond acceptors (Lipinski definition) is 6. The van der Waals surface area contributed by atoms with E-state index >= 15 is 0 Å². The molecule has 1 saturated carbocycles. The number of ketones is 1. The second-order valence-corrected chi connectivity index (χ2v) is 8.48. The van der Waals surface area contributed by atoms with Crippen molar-refractivity contribution in [1.82, 2.24) is 24.9 Å². The van der Waals surface area contributed by atoms with E-state index < -0.39 is 0 Å². The fourth-order valence-corrected chi connectivity index (χ4v) is 4.16. The highest BCUT2D eigenvalue weighted by molar-refractivity contribution is 5.99. The summed E-state index contributed by atoms with van der Waals surface area (Å²) < 4.78 is 6.13. The Hall–Kier alpha value is -3.55. The molecule has 1 saturated heterocycles. The number of Topliss-reactive ketones (excluding diaryl/α,β-unsaturated/α-hetero) is 1. The molecule has 32 heavy (non-hydrogen) atoms. The molecular weight excluding hydrogens is 406 g/mol. The molecular formula is C24H25N5O3. The third-order valence-corrected chi connectivity index (χ3v) is 6.12. The highest BCUT2D eigenvalue weighted by atomic mass is 16.5. The lowest BCUT2D eigenvalue weighted by Crippen LogP contribution is -2.49. The molecule has 8 nitrogen and oxygen atoms in total. The van der Waals surface area contributed by atoms with Crippen molar-refractivity contribution in [3.8, 4) is 11.6 Å². The summed E-state index contributed by atoms with van der Waals surface area (Å²) in [4.78, 5) is 33.5. The summed E-state index contributed by atoms with van der Waals surface area (Å²) in [7, 11) is 0. The van der Waals surface area contributed by atoms with E-state index in [0.29, 0.717) is 29.2 Å². The average molecular weight is 431 g/mol. The van der Waals surface area contributed by atoms with Gasteiger partial charge >= 0.3 is 0 Å². The zero-order valence-corrected chi connectivity index (χ0v) is 17.9. The molecule has 2 fully saturated rings. The van der Waals surface area contributed by atoms with Gasteiger partial charge in [-0.25, -0.2) is 4.98 Å². The number of rotatable bonds is 6. The van der Waals surface area contributed by atoms with Gasteiger partial charge in [-0.15, -0.1) is 0 Å². The quantitative estimate of drug-likeness (QED) is 0.556. The Bertz CT molecular complexity index is 1130. The maximum atomic E-state index is 13.5. The number of nitrogens with zero attached hydrogens (tertiary/aromatic N) is 5. The molecule has 5 rings (SSSR count). The van der Waals surface area contributed by atoms with Crippen LogP contribution in [-0.4, -0.2) is 55.3 Å². The highest BCUT2D eigenvalue weighted by Gasteiger charge is 2.33. The minimum Gasteiger partial charge on any atom is -0.472 e. The van der Waals surface area contributed by atoms with E-state index in [1.807, 2.05) is 23.1 Å². The van der Waals surface area contributed by atoms with Crippen molar-refractivity contribution >= 4 is 11.7 Å². The Morgan fingerprint density at radius 1 is 1.00 bits per heavy atom. The minimum absolute atomic E-state index is 0.0793. The van der Waals surface area contributed by atoms with Gasteiger partial charge in [0.25, 0.3) is 5.91 Å². The lowest BCUT2D eigenvalue weighted by Gasteiger charge is -2.38. The summed E-state index contributed by atoms with van der Waals surface area (Å²) in [6.45, 7) is 2.50. The summed E-state index contributed by atoms with van der Waals surface area (Å²) in [5.41, 5.74) is 1.84. The SMILES string of the molecule is C[C@@H]1CC[C@@H](Oc2cc(C(=O)C3CC3)ccn2)CN1C(=O)c1ccccc1-n1nccn1. The molecule has 2 atom stereocenters. The van der Waals surface area contributed by atoms with E-state index in [1.54, 1.807) is 36.8 Å². The van der Waals surface area contributed by atoms with Crippen LogP contribution in [0.15, 0.2) is 55.0 Å². The second kappa shape index (κ2) is 8.53. The fraction of sp³-hybridized carbons (Fsp3) is 0.375. The van der Waals surface area contributed by atoms with Gasteiger partial charge in [0.15, 0.2) is 5.78 Å². The molecule has 8 heteroatoms. The van der Waals surface area contributed by atoms with Crippen LogP contribution in [-0.2, 0) is 0 Å². The van der Waals surface area contributed by atoms with Crippen LogP contribution in [0.4, 0.5) is 0 Å². The van der Waals surface area contributed by atoms with E-state index in [0.717, 1.165) is 25.7 Å². The molecule has 1 amide bonds. The van der Waals surface area contributed by atoms with Gasteiger partial charge in [-0.05, 0) is 50.8 Å². The first-order chi connectivity index (χ1) is 15.6. The van der Waals surface area contributed by atoms with Gasteiger partial charge in [0, 0.05) is 29.8 Å². The van der Waals surface area contributed by atoms with Crippen molar-refractivity contribution < 1.29 is 14.3 Å². The largest absolute Gasteiger partial charge is 0.472 e. The molecule has 2 aliphatic rings. The predicted molar refractivity (Wildman–Crippen MR) is 117 cm³/mol. The van der Waals surface area contributed by atoms with Crippen LogP contribution in [0.25, 0.3) is 5.69 Å². The number of carbonyl (C=O) groups is 2. The molecule has 2 aromatic heterocycles. The van der Waals surface area contributed by atoms with E-state index in [4.69, 9.17) is 4.74 Å². The fourth-order valence-electron chi connectivity index (χ4n) is 4.16. The smallest absolute Gasteiger partial charge is 0.256 e. The van der Waals surface area contributed by atoms with Crippen LogP contribution >= 0.6 is 0 Å². The van der Waals surface area contributed by atoms with E-state index in [-0.39, 0.29) is 29.8 Å². The molecule has 3 aromatic rings. The number of hydrogen-bond donors (Lipinski definition) is 0. The number of para-hydroxylation sites is 1. The van der Waals surface area contributed by atoms with Gasteiger partial charge in [0.2, 0.25) is 5.88 Å². The van der Waals surface area contributed by atoms with Crippen LogP contribution in [0, 0.1) is 5.92 Å². The number of benzene rings is 1. The molecule has 1 aliphatic carbocycles. The Labute approximate surface area is 186 Å². The number of piperidine rings is 1. The molecule has 1 aromatic carbocycles. The molecule has 0 radical (unpaired) electrons. The topological polar surface area (TPSA) is 90.2 Å². The van der Waals surface area contributed by atoms with Crippen LogP contribution in [0.3, 0.4) is 0 Å². The summed E-state index contributed by atoms with van der Waals surface area (Å²) in [5.74, 6) is 0.669. The maximum Gasteiger partial charge on any atom is 0.256 e. The van der Waals surface area contributed by atoms with Crippen LogP contribution < -0.4 is 4.74 Å². The van der Waals surface area contributed by atoms with Gasteiger partial charge in [-0.2, -0.15) is 15.0 Å². The van der Waals surface area contributed by atoms with E-state index in [1.165, 1.54) is 4.80 Å². The van der Waals surface area contributed by atoms with Gasteiger partial charge in [0.1, 0.15) is 6.10 Å². The number of likely N-dealkylation sites (tertiary alicyclic amines) is 1. The number of carbonyl (C=O) groups excluding carboxylic acids is 2. The van der Waals surface area contributed by atoms with Crippen molar-refractivity contribution in [1.29, 1.82) is 0 Å². The van der Waals surface area contributed by atoms with Crippen molar-refractivity contribution in [3.05, 3.63) is 66.1 Å². The first-order valence-electron chi connectivity index (χ1n) is 11.0. The van der Waals surface area contributed by atoms with Gasteiger partial charge < -0.3 is 9.64 Å². The van der Waals surface area contributed by atoms with Crippen molar-refractivity contribution in [2.75, 3.05) is 6.54 Å². The number of pyridine rings is 1. The standard InChI is InChI=1S/C24H25N5O3/c1-16-6-9-19(32-22-14-18(10-11-25-22)23(30)17-7-8-17)15-28(16)24(31)20-4-2-3-5-21(20)29-26-12-13-27-29/h2-5,10-14,16-17,19H,6-9,15H2,1H3/t16-,19-/m1/s1. The van der Waals surface area contributed by atoms with Gasteiger partial charge in [-0.1, -0.05) is 12.1 Å². The maximum absolute atomic E-state index is 13.5. The summed E-state index contributed by atoms with van der Waals surface area (Å²) in [6, 6.07) is 10.9.